The van der Waals surface area contributed by atoms with Crippen molar-refractivity contribution in [2.24, 2.45) is 0 Å². The Balaban J connectivity index is 2.12. The summed E-state index contributed by atoms with van der Waals surface area (Å²) in [5, 5.41) is 12.7. The van der Waals surface area contributed by atoms with Crippen LogP contribution in [-0.2, 0) is 10.2 Å². The second-order valence-electron chi connectivity index (χ2n) is 7.41. The number of nitrogens with one attached hydrogen (secondary N) is 3. The first-order valence-electron chi connectivity index (χ1n) is 9.06. The maximum atomic E-state index is 12.8. The van der Waals surface area contributed by atoms with Crippen molar-refractivity contribution in [3.8, 4) is 5.75 Å². The molecule has 2 amide bonds. The summed E-state index contributed by atoms with van der Waals surface area (Å²) in [7, 11) is 1.51. The Morgan fingerprint density at radius 2 is 2.00 bits per heavy atom. The molecule has 3 N–H and O–H groups in total. The molecule has 1 heterocycles. The topological polar surface area (TPSA) is 96.1 Å². The summed E-state index contributed by atoms with van der Waals surface area (Å²) in [6.07, 6.45) is 2.46. The molecule has 0 bridgehead atoms. The summed E-state index contributed by atoms with van der Waals surface area (Å²) in [6.45, 7) is 6.17. The molecule has 1 atom stereocenters. The van der Waals surface area contributed by atoms with Gasteiger partial charge in [0, 0.05) is 17.2 Å². The van der Waals surface area contributed by atoms with Crippen LogP contribution in [0.5, 0.6) is 5.75 Å². The molecule has 1 aromatic heterocycles. The molecule has 2 rings (SSSR count). The number of hydrogen-bond acceptors (Lipinski definition) is 5. The van der Waals surface area contributed by atoms with Gasteiger partial charge in [0.25, 0.3) is 5.91 Å². The van der Waals surface area contributed by atoms with Gasteiger partial charge in [0.15, 0.2) is 5.82 Å². The minimum absolute atomic E-state index is 0.105. The molecule has 8 heteroatoms. The fraction of sp³-hybridized carbons (Fsp3) is 0.450. The molecule has 1 aromatic carbocycles. The van der Waals surface area contributed by atoms with E-state index in [1.807, 2.05) is 12.3 Å². The summed E-state index contributed by atoms with van der Waals surface area (Å²) < 4.78 is 5.24. The smallest absolute Gasteiger partial charge is 0.255 e. The van der Waals surface area contributed by atoms with Crippen molar-refractivity contribution in [2.75, 3.05) is 24.4 Å². The second-order valence-corrected chi connectivity index (χ2v) is 8.40. The largest absolute Gasteiger partial charge is 0.496 e. The predicted octanol–water partition coefficient (Wildman–Crippen LogP) is 3.21. The van der Waals surface area contributed by atoms with Gasteiger partial charge in [-0.15, -0.1) is 0 Å². The average molecular weight is 405 g/mol. The molecule has 0 saturated carbocycles. The number of aromatic amines is 1. The zero-order chi connectivity index (χ0) is 20.7. The van der Waals surface area contributed by atoms with Crippen molar-refractivity contribution >= 4 is 29.4 Å². The molecule has 0 fully saturated rings. The first-order chi connectivity index (χ1) is 13.3. The fourth-order valence-corrected chi connectivity index (χ4v) is 3.03. The number of nitrogens with zero attached hydrogens (tertiary/aromatic N) is 1. The third kappa shape index (κ3) is 5.76. The van der Waals surface area contributed by atoms with E-state index in [9.17, 15) is 9.59 Å². The van der Waals surface area contributed by atoms with Crippen LogP contribution < -0.4 is 15.4 Å². The lowest BCUT2D eigenvalue weighted by Crippen LogP contribution is -2.44. The van der Waals surface area contributed by atoms with Gasteiger partial charge in [-0.2, -0.15) is 16.9 Å². The van der Waals surface area contributed by atoms with Gasteiger partial charge in [-0.05, 0) is 30.6 Å². The van der Waals surface area contributed by atoms with Crippen molar-refractivity contribution in [1.29, 1.82) is 0 Å². The van der Waals surface area contributed by atoms with Gasteiger partial charge in [0.2, 0.25) is 5.91 Å². The molecule has 0 aliphatic heterocycles. The van der Waals surface area contributed by atoms with E-state index in [2.05, 4.69) is 41.6 Å². The number of thioether (sulfide) groups is 1. The summed E-state index contributed by atoms with van der Waals surface area (Å²) in [5.74, 6) is 0.986. The number of H-pyrrole nitrogens is 1. The van der Waals surface area contributed by atoms with Crippen molar-refractivity contribution < 1.29 is 14.3 Å². The molecule has 0 radical (unpaired) electrons. The van der Waals surface area contributed by atoms with Crippen LogP contribution in [-0.4, -0.2) is 47.2 Å². The monoisotopic (exact) mass is 404 g/mol. The van der Waals surface area contributed by atoms with Gasteiger partial charge in [-0.3, -0.25) is 14.7 Å². The Labute approximate surface area is 170 Å². The molecule has 1 unspecified atom stereocenters. The maximum Gasteiger partial charge on any atom is 0.255 e. The third-order valence-electron chi connectivity index (χ3n) is 4.22. The lowest BCUT2D eigenvalue weighted by Gasteiger charge is -2.18. The van der Waals surface area contributed by atoms with E-state index in [-0.39, 0.29) is 17.2 Å². The van der Waals surface area contributed by atoms with Crippen LogP contribution in [0.1, 0.15) is 43.2 Å². The van der Waals surface area contributed by atoms with Gasteiger partial charge in [-0.25, -0.2) is 0 Å². The highest BCUT2D eigenvalue weighted by atomic mass is 32.2. The normalized spacial score (nSPS) is 12.3. The Bertz CT molecular complexity index is 814. The van der Waals surface area contributed by atoms with E-state index in [0.29, 0.717) is 23.6 Å². The first kappa shape index (κ1) is 21.8. The van der Waals surface area contributed by atoms with Gasteiger partial charge < -0.3 is 15.4 Å². The number of carbonyl (C=O) groups excluding carboxylic acids is 2. The molecule has 152 valence electrons. The highest BCUT2D eigenvalue weighted by Crippen LogP contribution is 2.22. The lowest BCUT2D eigenvalue weighted by atomic mass is 9.92. The van der Waals surface area contributed by atoms with E-state index in [4.69, 9.17) is 4.74 Å². The molecule has 0 saturated heterocycles. The quantitative estimate of drug-likeness (QED) is 0.628. The van der Waals surface area contributed by atoms with E-state index >= 15 is 0 Å². The van der Waals surface area contributed by atoms with E-state index in [0.717, 1.165) is 11.4 Å². The SMILES string of the molecule is COc1ccccc1C(=O)NC(CCSC)C(=O)Nc1cc(C(C)(C)C)[nH]n1. The summed E-state index contributed by atoms with van der Waals surface area (Å²) in [5.41, 5.74) is 1.20. The van der Waals surface area contributed by atoms with Crippen LogP contribution in [0.2, 0.25) is 0 Å². The predicted molar refractivity (Wildman–Crippen MR) is 113 cm³/mol. The molecular weight excluding hydrogens is 376 g/mol. The van der Waals surface area contributed by atoms with Crippen LogP contribution in [0.4, 0.5) is 5.82 Å². The van der Waals surface area contributed by atoms with Crippen LogP contribution in [0.25, 0.3) is 0 Å². The van der Waals surface area contributed by atoms with Gasteiger partial charge in [0.1, 0.15) is 11.8 Å². The third-order valence-corrected chi connectivity index (χ3v) is 4.87. The highest BCUT2D eigenvalue weighted by Gasteiger charge is 2.24. The Hall–Kier alpha value is -2.48. The van der Waals surface area contributed by atoms with Crippen LogP contribution in [0, 0.1) is 0 Å². The van der Waals surface area contributed by atoms with Crippen molar-refractivity contribution in [1.82, 2.24) is 15.5 Å². The number of methoxy groups -OCH3 is 1. The first-order valence-corrected chi connectivity index (χ1v) is 10.4. The minimum Gasteiger partial charge on any atom is -0.496 e. The fourth-order valence-electron chi connectivity index (χ4n) is 2.56. The molecule has 0 spiro atoms. The number of para-hydroxylation sites is 1. The number of benzene rings is 1. The van der Waals surface area contributed by atoms with E-state index in [1.54, 1.807) is 36.0 Å². The number of anilines is 1. The van der Waals surface area contributed by atoms with Gasteiger partial charge in [0.05, 0.1) is 12.7 Å². The number of hydrogen-bond donors (Lipinski definition) is 3. The molecular formula is C20H28N4O3S. The molecule has 7 nitrogen and oxygen atoms in total. The summed E-state index contributed by atoms with van der Waals surface area (Å²) in [4.78, 5) is 25.5. The van der Waals surface area contributed by atoms with Crippen LogP contribution in [0.15, 0.2) is 30.3 Å². The summed E-state index contributed by atoms with van der Waals surface area (Å²) >= 11 is 1.61. The lowest BCUT2D eigenvalue weighted by molar-refractivity contribution is -0.118. The second kappa shape index (κ2) is 9.64. The molecule has 28 heavy (non-hydrogen) atoms. The van der Waals surface area contributed by atoms with E-state index < -0.39 is 6.04 Å². The summed E-state index contributed by atoms with van der Waals surface area (Å²) in [6, 6.07) is 8.06. The Kier molecular flexibility index (Phi) is 7.51. The van der Waals surface area contributed by atoms with E-state index in [1.165, 1.54) is 7.11 Å². The van der Waals surface area contributed by atoms with Crippen molar-refractivity contribution in [2.45, 2.75) is 38.6 Å². The van der Waals surface area contributed by atoms with Crippen molar-refractivity contribution in [3.05, 3.63) is 41.6 Å². The number of rotatable bonds is 8. The Morgan fingerprint density at radius 1 is 1.29 bits per heavy atom. The van der Waals surface area contributed by atoms with Crippen LogP contribution in [0.3, 0.4) is 0 Å². The number of aromatic nitrogens is 2. The number of ether oxygens (including phenoxy) is 1. The maximum absolute atomic E-state index is 12.8. The highest BCUT2D eigenvalue weighted by molar-refractivity contribution is 7.98. The zero-order valence-corrected chi connectivity index (χ0v) is 17.8. The minimum atomic E-state index is -0.681. The molecule has 0 aliphatic rings. The standard InChI is InChI=1S/C20H28N4O3S/c1-20(2,3)16-12-17(24-23-16)22-19(26)14(10-11-28-5)21-18(25)13-8-6-7-9-15(13)27-4/h6-9,12,14H,10-11H2,1-5H3,(H,21,25)(H2,22,23,24,26). The number of carbonyl (C=O) groups is 2. The van der Waals surface area contributed by atoms with Gasteiger partial charge >= 0.3 is 0 Å². The molecule has 2 aromatic rings. The average Bonchev–Trinajstić information content (AvgIpc) is 3.13. The zero-order valence-electron chi connectivity index (χ0n) is 17.0. The Morgan fingerprint density at radius 3 is 2.61 bits per heavy atom. The number of amides is 2. The van der Waals surface area contributed by atoms with Gasteiger partial charge in [-0.1, -0.05) is 32.9 Å². The van der Waals surface area contributed by atoms with Crippen molar-refractivity contribution in [3.63, 3.8) is 0 Å². The molecule has 0 aliphatic carbocycles. The van der Waals surface area contributed by atoms with Crippen LogP contribution >= 0.6 is 11.8 Å².